The molecule has 1 saturated heterocycles. The minimum atomic E-state index is -0.451. The summed E-state index contributed by atoms with van der Waals surface area (Å²) in [5.74, 6) is -0.300. The highest BCUT2D eigenvalue weighted by atomic mass is 16.7. The number of hydrogen-bond acceptors (Lipinski definition) is 3. The van der Waals surface area contributed by atoms with Crippen molar-refractivity contribution in [3.63, 3.8) is 0 Å². The van der Waals surface area contributed by atoms with Gasteiger partial charge in [-0.1, -0.05) is 36.4 Å². The third-order valence-electron chi connectivity index (χ3n) is 6.94. The van der Waals surface area contributed by atoms with Crippen molar-refractivity contribution in [2.24, 2.45) is 0 Å². The summed E-state index contributed by atoms with van der Waals surface area (Å²) in [7, 11) is 0. The number of hydrogen-bond donors (Lipinski definition) is 1. The molecule has 0 bridgehead atoms. The Kier molecular flexibility index (Phi) is 4.29. The minimum absolute atomic E-state index is 0.152. The van der Waals surface area contributed by atoms with Crippen molar-refractivity contribution in [1.29, 1.82) is 0 Å². The highest BCUT2D eigenvalue weighted by Gasteiger charge is 2.54. The van der Waals surface area contributed by atoms with Crippen LogP contribution in [0.5, 0.6) is 0 Å². The van der Waals surface area contributed by atoms with Gasteiger partial charge in [0.1, 0.15) is 0 Å². The second-order valence-corrected chi connectivity index (χ2v) is 8.40. The van der Waals surface area contributed by atoms with Crippen molar-refractivity contribution in [1.82, 2.24) is 0 Å². The van der Waals surface area contributed by atoms with E-state index in [4.69, 9.17) is 9.47 Å². The average molecular weight is 377 g/mol. The Bertz CT molecular complexity index is 890. The number of carbonyl (C=O) groups is 1. The number of rotatable bonds is 3. The van der Waals surface area contributed by atoms with Crippen LogP contribution in [-0.4, -0.2) is 24.9 Å². The van der Waals surface area contributed by atoms with E-state index < -0.39 is 11.2 Å². The van der Waals surface area contributed by atoms with Crippen molar-refractivity contribution in [2.75, 3.05) is 18.5 Å². The molecular weight excluding hydrogens is 350 g/mol. The highest BCUT2D eigenvalue weighted by molar-refractivity contribution is 6.07. The summed E-state index contributed by atoms with van der Waals surface area (Å²) in [6, 6.07) is 14.9. The zero-order valence-electron chi connectivity index (χ0n) is 16.4. The quantitative estimate of drug-likeness (QED) is 0.868. The van der Waals surface area contributed by atoms with E-state index in [-0.39, 0.29) is 5.91 Å². The predicted octanol–water partition coefficient (Wildman–Crippen LogP) is 4.29. The van der Waals surface area contributed by atoms with Gasteiger partial charge in [0.05, 0.1) is 18.6 Å². The Balaban J connectivity index is 1.43. The van der Waals surface area contributed by atoms with Crippen LogP contribution in [0.2, 0.25) is 0 Å². The molecule has 2 aromatic rings. The molecule has 2 spiro atoms. The zero-order chi connectivity index (χ0) is 19.2. The van der Waals surface area contributed by atoms with Crippen molar-refractivity contribution >= 4 is 11.6 Å². The molecule has 0 aromatic heterocycles. The topological polar surface area (TPSA) is 47.6 Å². The molecule has 0 radical (unpaired) electrons. The van der Waals surface area contributed by atoms with Crippen LogP contribution < -0.4 is 5.32 Å². The van der Waals surface area contributed by atoms with Crippen LogP contribution in [0.3, 0.4) is 0 Å². The summed E-state index contributed by atoms with van der Waals surface area (Å²) in [5.41, 5.74) is 5.75. The van der Waals surface area contributed by atoms with Gasteiger partial charge in [0.15, 0.2) is 5.79 Å². The number of benzene rings is 2. The molecule has 2 aromatic carbocycles. The molecular formula is C24H27NO3. The van der Waals surface area contributed by atoms with Gasteiger partial charge in [-0.15, -0.1) is 0 Å². The van der Waals surface area contributed by atoms with Gasteiger partial charge in [0, 0.05) is 18.5 Å². The lowest BCUT2D eigenvalue weighted by Crippen LogP contribution is -2.45. The maximum absolute atomic E-state index is 13.1. The lowest BCUT2D eigenvalue weighted by molar-refractivity contribution is -0.185. The van der Waals surface area contributed by atoms with Gasteiger partial charge in [0.2, 0.25) is 5.91 Å². The number of fused-ring (bicyclic) bond motifs is 2. The van der Waals surface area contributed by atoms with Crippen LogP contribution in [0.1, 0.15) is 47.9 Å². The third-order valence-corrected chi connectivity index (χ3v) is 6.94. The first kappa shape index (κ1) is 17.9. The first-order valence-corrected chi connectivity index (χ1v) is 10.4. The molecule has 1 N–H and O–H groups in total. The zero-order valence-corrected chi connectivity index (χ0v) is 16.4. The van der Waals surface area contributed by atoms with Gasteiger partial charge in [-0.2, -0.15) is 0 Å². The van der Waals surface area contributed by atoms with E-state index in [9.17, 15) is 4.79 Å². The van der Waals surface area contributed by atoms with Crippen molar-refractivity contribution in [2.45, 2.75) is 56.7 Å². The van der Waals surface area contributed by atoms with Gasteiger partial charge < -0.3 is 14.8 Å². The van der Waals surface area contributed by atoms with Gasteiger partial charge >= 0.3 is 0 Å². The van der Waals surface area contributed by atoms with E-state index in [0.717, 1.165) is 44.2 Å². The molecule has 2 heterocycles. The molecule has 2 fully saturated rings. The molecule has 4 nitrogen and oxygen atoms in total. The predicted molar refractivity (Wildman–Crippen MR) is 108 cm³/mol. The van der Waals surface area contributed by atoms with E-state index in [1.165, 1.54) is 22.3 Å². The first-order valence-electron chi connectivity index (χ1n) is 10.4. The van der Waals surface area contributed by atoms with Gasteiger partial charge in [-0.3, -0.25) is 4.79 Å². The van der Waals surface area contributed by atoms with E-state index in [2.05, 4.69) is 54.7 Å². The van der Waals surface area contributed by atoms with Gasteiger partial charge in [0.25, 0.3) is 0 Å². The number of carbonyl (C=O) groups excluding carboxylic acids is 1. The largest absolute Gasteiger partial charge is 0.348 e. The van der Waals surface area contributed by atoms with E-state index >= 15 is 0 Å². The molecule has 4 heteroatoms. The molecule has 1 aliphatic carbocycles. The smallest absolute Gasteiger partial charge is 0.235 e. The second-order valence-electron chi connectivity index (χ2n) is 8.40. The molecule has 0 unspecified atom stereocenters. The Morgan fingerprint density at radius 3 is 2.36 bits per heavy atom. The molecule has 28 heavy (non-hydrogen) atoms. The van der Waals surface area contributed by atoms with Gasteiger partial charge in [-0.25, -0.2) is 0 Å². The monoisotopic (exact) mass is 377 g/mol. The summed E-state index contributed by atoms with van der Waals surface area (Å²) >= 11 is 0. The first-order chi connectivity index (χ1) is 13.6. The maximum Gasteiger partial charge on any atom is 0.235 e. The molecule has 5 rings (SSSR count). The average Bonchev–Trinajstić information content (AvgIpc) is 3.28. The number of ether oxygens (including phenoxy) is 2. The second kappa shape index (κ2) is 6.71. The van der Waals surface area contributed by atoms with E-state index in [1.54, 1.807) is 0 Å². The number of aryl methyl sites for hydroxylation is 2. The summed E-state index contributed by atoms with van der Waals surface area (Å²) < 4.78 is 11.8. The maximum atomic E-state index is 13.1. The minimum Gasteiger partial charge on any atom is -0.348 e. The van der Waals surface area contributed by atoms with E-state index in [1.807, 2.05) is 0 Å². The van der Waals surface area contributed by atoms with Crippen LogP contribution in [0, 0.1) is 6.92 Å². The van der Waals surface area contributed by atoms with Crippen LogP contribution >= 0.6 is 0 Å². The van der Waals surface area contributed by atoms with Crippen LogP contribution in [0.25, 0.3) is 0 Å². The summed E-state index contributed by atoms with van der Waals surface area (Å²) in [6.07, 6.45) is 5.15. The fourth-order valence-corrected chi connectivity index (χ4v) is 5.35. The van der Waals surface area contributed by atoms with Crippen LogP contribution in [0.4, 0.5) is 5.69 Å². The molecule has 1 amide bonds. The summed E-state index contributed by atoms with van der Waals surface area (Å²) in [6.45, 7) is 3.52. The lowest BCUT2D eigenvalue weighted by atomic mass is 9.67. The lowest BCUT2D eigenvalue weighted by Gasteiger charge is -2.41. The number of nitrogens with one attached hydrogen (secondary N) is 1. The van der Waals surface area contributed by atoms with Gasteiger partial charge in [-0.05, 0) is 60.9 Å². The summed E-state index contributed by atoms with van der Waals surface area (Å²) in [4.78, 5) is 13.1. The molecule has 0 atom stereocenters. The molecule has 2 aliphatic heterocycles. The Morgan fingerprint density at radius 1 is 0.929 bits per heavy atom. The molecule has 146 valence electrons. The highest BCUT2D eigenvalue weighted by Crippen LogP contribution is 2.52. The Morgan fingerprint density at radius 2 is 1.64 bits per heavy atom. The SMILES string of the molecule is Cc1c(CCc2ccccc2)ccc2c1C1(CCC3(CC1)OCCO3)C(=O)N2. The van der Waals surface area contributed by atoms with Crippen molar-refractivity contribution in [3.05, 3.63) is 64.7 Å². The Labute approximate surface area is 166 Å². The standard InChI is InChI=1S/C24H27NO3/c1-17-19(8-7-18-5-3-2-4-6-18)9-10-20-21(17)23(22(26)25-20)11-13-24(14-12-23)27-15-16-28-24/h2-6,9-10H,7-8,11-16H2,1H3,(H,25,26). The van der Waals surface area contributed by atoms with Crippen molar-refractivity contribution in [3.8, 4) is 0 Å². The van der Waals surface area contributed by atoms with Crippen LogP contribution in [0.15, 0.2) is 42.5 Å². The Hall–Kier alpha value is -2.17. The fraction of sp³-hybridized carbons (Fsp3) is 0.458. The van der Waals surface area contributed by atoms with Crippen molar-refractivity contribution < 1.29 is 14.3 Å². The molecule has 1 saturated carbocycles. The van der Waals surface area contributed by atoms with Crippen LogP contribution in [-0.2, 0) is 32.5 Å². The number of amides is 1. The molecule has 3 aliphatic rings. The summed E-state index contributed by atoms with van der Waals surface area (Å²) in [5, 5.41) is 3.16. The normalized spacial score (nSPS) is 21.8. The fourth-order valence-electron chi connectivity index (χ4n) is 5.35. The number of anilines is 1. The third kappa shape index (κ3) is 2.78. The van der Waals surface area contributed by atoms with E-state index in [0.29, 0.717) is 13.2 Å².